The number of benzene rings is 2. The van der Waals surface area contributed by atoms with E-state index in [2.05, 4.69) is 4.98 Å². The van der Waals surface area contributed by atoms with Crippen molar-refractivity contribution < 1.29 is 8.42 Å². The molecule has 0 atom stereocenters. The molecule has 26 heavy (non-hydrogen) atoms. The second-order valence-corrected chi connectivity index (χ2v) is 9.72. The van der Waals surface area contributed by atoms with E-state index in [4.69, 9.17) is 11.6 Å². The van der Waals surface area contributed by atoms with Crippen LogP contribution in [0, 0.1) is 6.92 Å². The minimum Gasteiger partial charge on any atom is -0.268 e. The Morgan fingerprint density at radius 2 is 1.92 bits per heavy atom. The first kappa shape index (κ1) is 18.9. The summed E-state index contributed by atoms with van der Waals surface area (Å²) >= 11 is 7.28. The average molecular weight is 409 g/mol. The van der Waals surface area contributed by atoms with Crippen LogP contribution in [0.4, 0.5) is 0 Å². The fourth-order valence-electron chi connectivity index (χ4n) is 2.55. The van der Waals surface area contributed by atoms with Crippen molar-refractivity contribution in [1.29, 1.82) is 0 Å². The van der Waals surface area contributed by atoms with Gasteiger partial charge < -0.3 is 0 Å². The van der Waals surface area contributed by atoms with Gasteiger partial charge in [0.15, 0.2) is 5.16 Å². The van der Waals surface area contributed by atoms with Gasteiger partial charge in [-0.15, -0.1) is 0 Å². The first-order chi connectivity index (χ1) is 12.3. The Kier molecular flexibility index (Phi) is 5.41. The molecule has 0 aliphatic rings. The maximum atomic E-state index is 13.1. The lowest BCUT2D eigenvalue weighted by Crippen LogP contribution is -2.23. The maximum Gasteiger partial charge on any atom is 0.266 e. The van der Waals surface area contributed by atoms with Gasteiger partial charge in [-0.1, -0.05) is 41.6 Å². The van der Waals surface area contributed by atoms with Crippen molar-refractivity contribution in [2.75, 3.05) is 17.8 Å². The van der Waals surface area contributed by atoms with Crippen LogP contribution in [0.15, 0.2) is 52.4 Å². The summed E-state index contributed by atoms with van der Waals surface area (Å²) in [6.07, 6.45) is 1.19. The number of thioether (sulfide) groups is 1. The molecule has 0 saturated carbocycles. The molecule has 0 radical (unpaired) electrons. The van der Waals surface area contributed by atoms with Crippen LogP contribution in [0.5, 0.6) is 0 Å². The average Bonchev–Trinajstić information content (AvgIpc) is 2.55. The minimum absolute atomic E-state index is 0.00882. The Hall–Kier alpha value is -1.83. The predicted octanol–water partition coefficient (Wildman–Crippen LogP) is 3.48. The summed E-state index contributed by atoms with van der Waals surface area (Å²) in [4.78, 5) is 17.7. The normalized spacial score (nSPS) is 11.8. The number of nitrogens with zero attached hydrogens (tertiary/aromatic N) is 2. The molecule has 0 aliphatic carbocycles. The summed E-state index contributed by atoms with van der Waals surface area (Å²) in [5.74, 6) is 0.318. The Balaban J connectivity index is 2.20. The molecule has 0 unspecified atom stereocenters. The minimum atomic E-state index is -3.10. The van der Waals surface area contributed by atoms with Crippen molar-refractivity contribution >= 4 is 44.1 Å². The standard InChI is InChI=1S/C18H17ClN2O3S2/c1-12-5-3-4-6-16(12)21-17(22)14-8-7-13(19)11-15(14)20-18(21)25-9-10-26(2,23)24/h3-8,11H,9-10H2,1-2H3. The van der Waals surface area contributed by atoms with Crippen LogP contribution >= 0.6 is 23.4 Å². The summed E-state index contributed by atoms with van der Waals surface area (Å²) in [6.45, 7) is 1.92. The first-order valence-electron chi connectivity index (χ1n) is 7.85. The van der Waals surface area contributed by atoms with Gasteiger partial charge in [-0.25, -0.2) is 13.4 Å². The van der Waals surface area contributed by atoms with Gasteiger partial charge in [0.1, 0.15) is 9.84 Å². The van der Waals surface area contributed by atoms with E-state index in [9.17, 15) is 13.2 Å². The molecule has 3 aromatic rings. The highest BCUT2D eigenvalue weighted by Gasteiger charge is 2.15. The number of halogens is 1. The van der Waals surface area contributed by atoms with Crippen LogP contribution in [-0.2, 0) is 9.84 Å². The summed E-state index contributed by atoms with van der Waals surface area (Å²) in [6, 6.07) is 12.5. The number of aromatic nitrogens is 2. The topological polar surface area (TPSA) is 69.0 Å². The van der Waals surface area contributed by atoms with E-state index in [0.717, 1.165) is 11.3 Å². The zero-order valence-electron chi connectivity index (χ0n) is 14.3. The van der Waals surface area contributed by atoms with Crippen LogP contribution in [0.1, 0.15) is 5.56 Å². The summed E-state index contributed by atoms with van der Waals surface area (Å²) in [7, 11) is -3.10. The fourth-order valence-corrected chi connectivity index (χ4v) is 4.91. The number of aryl methyl sites for hydroxylation is 1. The molecule has 8 heteroatoms. The van der Waals surface area contributed by atoms with Gasteiger partial charge >= 0.3 is 0 Å². The highest BCUT2D eigenvalue weighted by atomic mass is 35.5. The smallest absolute Gasteiger partial charge is 0.266 e. The van der Waals surface area contributed by atoms with Crippen LogP contribution in [0.3, 0.4) is 0 Å². The van der Waals surface area contributed by atoms with Gasteiger partial charge in [-0.2, -0.15) is 0 Å². The second-order valence-electron chi connectivity index (χ2n) is 5.96. The van der Waals surface area contributed by atoms with Crippen molar-refractivity contribution in [3.05, 3.63) is 63.4 Å². The summed E-state index contributed by atoms with van der Waals surface area (Å²) in [5, 5.41) is 1.40. The van der Waals surface area contributed by atoms with Gasteiger partial charge in [0.05, 0.1) is 22.3 Å². The van der Waals surface area contributed by atoms with Crippen LogP contribution < -0.4 is 5.56 Å². The highest BCUT2D eigenvalue weighted by Crippen LogP contribution is 2.24. The number of sulfone groups is 1. The van der Waals surface area contributed by atoms with Gasteiger partial charge in [-0.05, 0) is 36.8 Å². The highest BCUT2D eigenvalue weighted by molar-refractivity contribution is 8.00. The van der Waals surface area contributed by atoms with Crippen molar-refractivity contribution in [1.82, 2.24) is 9.55 Å². The van der Waals surface area contributed by atoms with E-state index in [1.54, 1.807) is 22.8 Å². The SMILES string of the molecule is Cc1ccccc1-n1c(SCCS(C)(=O)=O)nc2cc(Cl)ccc2c1=O. The fraction of sp³-hybridized carbons (Fsp3) is 0.222. The molecule has 2 aromatic carbocycles. The van der Waals surface area contributed by atoms with Crippen molar-refractivity contribution in [2.24, 2.45) is 0 Å². The molecule has 1 aromatic heterocycles. The molecule has 1 heterocycles. The Morgan fingerprint density at radius 1 is 1.19 bits per heavy atom. The predicted molar refractivity (Wildman–Crippen MR) is 108 cm³/mol. The molecular weight excluding hydrogens is 392 g/mol. The molecular formula is C18H17ClN2O3S2. The molecule has 0 aliphatic heterocycles. The lowest BCUT2D eigenvalue weighted by atomic mass is 10.2. The van der Waals surface area contributed by atoms with E-state index < -0.39 is 9.84 Å². The molecule has 0 amide bonds. The zero-order chi connectivity index (χ0) is 18.9. The van der Waals surface area contributed by atoms with E-state index in [1.165, 1.54) is 18.0 Å². The van der Waals surface area contributed by atoms with E-state index in [0.29, 0.717) is 26.8 Å². The third-order valence-corrected chi connectivity index (χ3v) is 6.22. The first-order valence-corrected chi connectivity index (χ1v) is 11.3. The van der Waals surface area contributed by atoms with Gasteiger partial charge in [0, 0.05) is 17.0 Å². The van der Waals surface area contributed by atoms with Crippen molar-refractivity contribution in [3.8, 4) is 5.69 Å². The molecule has 0 fully saturated rings. The summed E-state index contributed by atoms with van der Waals surface area (Å²) in [5.41, 5.74) is 1.94. The molecule has 0 saturated heterocycles. The molecule has 3 rings (SSSR count). The largest absolute Gasteiger partial charge is 0.268 e. The lowest BCUT2D eigenvalue weighted by Gasteiger charge is -2.15. The van der Waals surface area contributed by atoms with Crippen molar-refractivity contribution in [2.45, 2.75) is 12.1 Å². The van der Waals surface area contributed by atoms with Gasteiger partial charge in [0.2, 0.25) is 0 Å². The number of rotatable bonds is 5. The molecule has 0 N–H and O–H groups in total. The molecule has 0 bridgehead atoms. The van der Waals surface area contributed by atoms with E-state index in [-0.39, 0.29) is 11.3 Å². The maximum absolute atomic E-state index is 13.1. The number of para-hydroxylation sites is 1. The Labute approximate surface area is 160 Å². The number of hydrogen-bond acceptors (Lipinski definition) is 5. The quantitative estimate of drug-likeness (QED) is 0.477. The molecule has 0 spiro atoms. The van der Waals surface area contributed by atoms with Crippen LogP contribution in [0.25, 0.3) is 16.6 Å². The van der Waals surface area contributed by atoms with Gasteiger partial charge in [-0.3, -0.25) is 9.36 Å². The molecule has 5 nitrogen and oxygen atoms in total. The monoisotopic (exact) mass is 408 g/mol. The number of fused-ring (bicyclic) bond motifs is 1. The Morgan fingerprint density at radius 3 is 2.62 bits per heavy atom. The van der Waals surface area contributed by atoms with E-state index in [1.807, 2.05) is 31.2 Å². The number of hydrogen-bond donors (Lipinski definition) is 0. The third kappa shape index (κ3) is 4.11. The van der Waals surface area contributed by atoms with E-state index >= 15 is 0 Å². The zero-order valence-corrected chi connectivity index (χ0v) is 16.7. The van der Waals surface area contributed by atoms with Gasteiger partial charge in [0.25, 0.3) is 5.56 Å². The summed E-state index contributed by atoms with van der Waals surface area (Å²) < 4.78 is 24.4. The molecule has 136 valence electrons. The lowest BCUT2D eigenvalue weighted by molar-refractivity contribution is 0.603. The third-order valence-electron chi connectivity index (χ3n) is 3.84. The van der Waals surface area contributed by atoms with Crippen molar-refractivity contribution in [3.63, 3.8) is 0 Å². The second kappa shape index (κ2) is 7.42. The Bertz CT molecular complexity index is 1140. The van der Waals surface area contributed by atoms with Crippen LogP contribution in [-0.4, -0.2) is 35.7 Å². The van der Waals surface area contributed by atoms with Crippen LogP contribution in [0.2, 0.25) is 5.02 Å².